The minimum atomic E-state index is -4.59. The Morgan fingerprint density at radius 3 is 1.19 bits per heavy atom. The van der Waals surface area contributed by atoms with E-state index >= 15 is 0 Å². The molecule has 0 saturated carbocycles. The highest BCUT2D eigenvalue weighted by Crippen LogP contribution is 2.38. The number of quaternary nitrogens is 1. The summed E-state index contributed by atoms with van der Waals surface area (Å²) in [5, 5.41) is 14.0. The van der Waals surface area contributed by atoms with Gasteiger partial charge in [0, 0.05) is 6.42 Å². The van der Waals surface area contributed by atoms with Crippen molar-refractivity contribution in [2.24, 2.45) is 0 Å². The third-order valence-corrected chi connectivity index (χ3v) is 13.9. The number of amides is 1. The molecule has 0 bridgehead atoms. The van der Waals surface area contributed by atoms with Gasteiger partial charge in [-0.15, -0.1) is 0 Å². The molecule has 1 amide bonds. The number of aliphatic hydroxyl groups is 1. The van der Waals surface area contributed by atoms with Crippen LogP contribution in [0.5, 0.6) is 0 Å². The van der Waals surface area contributed by atoms with Crippen LogP contribution in [-0.4, -0.2) is 68.5 Å². The molecule has 3 atom stereocenters. The van der Waals surface area contributed by atoms with E-state index in [2.05, 4.69) is 141 Å². The second-order valence-corrected chi connectivity index (χ2v) is 22.7. The van der Waals surface area contributed by atoms with Gasteiger partial charge in [-0.05, 0) is 89.9 Å². The summed E-state index contributed by atoms with van der Waals surface area (Å²) in [4.78, 5) is 25.6. The van der Waals surface area contributed by atoms with Crippen molar-refractivity contribution < 1.29 is 32.9 Å². The lowest BCUT2D eigenvalue weighted by atomic mass is 10.0. The Balaban J connectivity index is 4.24. The predicted molar refractivity (Wildman–Crippen MR) is 325 cm³/mol. The van der Waals surface area contributed by atoms with E-state index in [1.165, 1.54) is 96.3 Å². The number of phosphoric ester groups is 1. The smallest absolute Gasteiger partial charge is 0.268 e. The van der Waals surface area contributed by atoms with Gasteiger partial charge >= 0.3 is 0 Å². The van der Waals surface area contributed by atoms with Crippen molar-refractivity contribution in [3.05, 3.63) is 122 Å². The highest BCUT2D eigenvalue weighted by Gasteiger charge is 2.24. The third kappa shape index (κ3) is 58.4. The maximum absolute atomic E-state index is 13.0. The van der Waals surface area contributed by atoms with Crippen LogP contribution >= 0.6 is 7.82 Å². The molecule has 430 valence electrons. The van der Waals surface area contributed by atoms with Crippen LogP contribution in [0.15, 0.2) is 122 Å². The summed E-state index contributed by atoms with van der Waals surface area (Å²) < 4.78 is 23.4. The molecule has 0 aromatic heterocycles. The van der Waals surface area contributed by atoms with E-state index in [1.807, 2.05) is 21.1 Å². The van der Waals surface area contributed by atoms with Crippen LogP contribution < -0.4 is 10.2 Å². The number of unbranched alkanes of at least 4 members (excludes halogenated alkanes) is 21. The monoisotopic (exact) mass is 1060 g/mol. The lowest BCUT2D eigenvalue weighted by molar-refractivity contribution is -0.870. The molecular weight excluding hydrogens is 948 g/mol. The topological polar surface area (TPSA) is 108 Å². The number of nitrogens with zero attached hydrogens (tertiary/aromatic N) is 1. The van der Waals surface area contributed by atoms with E-state index in [0.29, 0.717) is 23.9 Å². The van der Waals surface area contributed by atoms with Crippen LogP contribution in [0.1, 0.15) is 239 Å². The molecule has 0 rings (SSSR count). The van der Waals surface area contributed by atoms with Crippen LogP contribution in [0, 0.1) is 0 Å². The summed E-state index contributed by atoms with van der Waals surface area (Å²) >= 11 is 0. The van der Waals surface area contributed by atoms with Crippen LogP contribution in [0.3, 0.4) is 0 Å². The average Bonchev–Trinajstić information content (AvgIpc) is 3.37. The van der Waals surface area contributed by atoms with Gasteiger partial charge in [-0.2, -0.15) is 0 Å². The molecule has 75 heavy (non-hydrogen) atoms. The van der Waals surface area contributed by atoms with Crippen molar-refractivity contribution in [1.29, 1.82) is 0 Å². The first-order valence-electron chi connectivity index (χ1n) is 30.4. The van der Waals surface area contributed by atoms with E-state index in [-0.39, 0.29) is 19.1 Å². The Kier molecular flexibility index (Phi) is 53.3. The minimum Gasteiger partial charge on any atom is -0.756 e. The highest BCUT2D eigenvalue weighted by molar-refractivity contribution is 7.45. The van der Waals surface area contributed by atoms with Crippen molar-refractivity contribution in [1.82, 2.24) is 5.32 Å². The fourth-order valence-corrected chi connectivity index (χ4v) is 8.97. The molecular formula is C66H115N2O6P. The van der Waals surface area contributed by atoms with Crippen LogP contribution in [0.4, 0.5) is 0 Å². The third-order valence-electron chi connectivity index (χ3n) is 13.0. The number of aliphatic hydroxyl groups excluding tert-OH is 1. The van der Waals surface area contributed by atoms with Gasteiger partial charge < -0.3 is 28.8 Å². The summed E-state index contributed by atoms with van der Waals surface area (Å²) in [5.74, 6) is -0.193. The molecule has 0 aliphatic rings. The molecule has 0 aliphatic carbocycles. The summed E-state index contributed by atoms with van der Waals surface area (Å²) in [5.41, 5.74) is 0. The molecule has 0 saturated heterocycles. The standard InChI is InChI=1S/C66H115N2O6P/c1-6-8-10-12-14-16-18-20-22-24-26-27-28-29-30-31-32-33-34-35-36-37-38-39-40-41-42-44-46-48-50-52-54-56-58-60-66(70)67-64(63-74-75(71,72)73-62-61-68(3,4)5)65(69)59-57-55-53-51-49-47-45-43-25-23-21-19-17-15-13-11-9-7-2/h8,10,14,16,20,22,26-27,29-30,32-33,35-36,38-39,41-42,46,48,64-65,69H,6-7,9,11-13,15,17-19,21,23-25,28,31,34,37,40,43-45,47,49-63H2,1-5H3,(H-,67,70,71,72)/b10-8-,16-14-,22-20-,27-26-,30-29-,33-32-,36-35-,39-38-,42-41-,48-46-. The fraction of sp³-hybridized carbons (Fsp3) is 0.682. The predicted octanol–water partition coefficient (Wildman–Crippen LogP) is 18.3. The summed E-state index contributed by atoms with van der Waals surface area (Å²) in [7, 11) is 1.27. The molecule has 9 heteroatoms. The highest BCUT2D eigenvalue weighted by atomic mass is 31.2. The second-order valence-electron chi connectivity index (χ2n) is 21.3. The van der Waals surface area contributed by atoms with Gasteiger partial charge in [-0.25, -0.2) is 0 Å². The Morgan fingerprint density at radius 2 is 0.813 bits per heavy atom. The quantitative estimate of drug-likeness (QED) is 0.0272. The van der Waals surface area contributed by atoms with Gasteiger partial charge in [0.05, 0.1) is 39.9 Å². The van der Waals surface area contributed by atoms with Gasteiger partial charge in [0.2, 0.25) is 5.91 Å². The molecule has 0 radical (unpaired) electrons. The number of carbonyl (C=O) groups is 1. The Morgan fingerprint density at radius 1 is 0.480 bits per heavy atom. The summed E-state index contributed by atoms with van der Waals surface area (Å²) in [6.45, 7) is 4.59. The summed E-state index contributed by atoms with van der Waals surface area (Å²) in [6, 6.07) is -0.824. The number of carbonyl (C=O) groups excluding carboxylic acids is 1. The SMILES string of the molecule is CC/C=C\C/C=C\C/C=C\C/C=C\C/C=C\C/C=C\C/C=C\C/C=C\C/C=C\C/C=C\CCCCCCC(=O)NC(COP(=O)([O-])OCC[N+](C)(C)C)C(O)CCCCCCCCCCCCCCCCCCCC. The van der Waals surface area contributed by atoms with Gasteiger partial charge in [0.25, 0.3) is 7.82 Å². The largest absolute Gasteiger partial charge is 0.756 e. The van der Waals surface area contributed by atoms with Crippen LogP contribution in [-0.2, 0) is 18.4 Å². The lowest BCUT2D eigenvalue weighted by Gasteiger charge is -2.30. The molecule has 0 aliphatic heterocycles. The van der Waals surface area contributed by atoms with E-state index in [1.54, 1.807) is 0 Å². The van der Waals surface area contributed by atoms with Crippen LogP contribution in [0.25, 0.3) is 0 Å². The maximum Gasteiger partial charge on any atom is 0.268 e. The van der Waals surface area contributed by atoms with E-state index < -0.39 is 20.0 Å². The van der Waals surface area contributed by atoms with Gasteiger partial charge in [0.1, 0.15) is 13.2 Å². The number of phosphoric acid groups is 1. The molecule has 0 fully saturated rings. The van der Waals surface area contributed by atoms with E-state index in [4.69, 9.17) is 9.05 Å². The van der Waals surface area contributed by atoms with E-state index in [0.717, 1.165) is 116 Å². The van der Waals surface area contributed by atoms with Crippen molar-refractivity contribution >= 4 is 13.7 Å². The molecule has 8 nitrogen and oxygen atoms in total. The number of allylic oxidation sites excluding steroid dienone is 20. The molecule has 3 unspecified atom stereocenters. The van der Waals surface area contributed by atoms with Gasteiger partial charge in [-0.3, -0.25) is 9.36 Å². The summed E-state index contributed by atoms with van der Waals surface area (Å²) in [6.07, 6.45) is 82.3. The first-order valence-corrected chi connectivity index (χ1v) is 31.8. The van der Waals surface area contributed by atoms with Gasteiger partial charge in [-0.1, -0.05) is 264 Å². The first-order chi connectivity index (χ1) is 36.5. The first kappa shape index (κ1) is 71.9. The molecule has 0 heterocycles. The number of likely N-dealkylation sites (N-methyl/N-ethyl adjacent to an activating group) is 1. The molecule has 0 aromatic rings. The Hall–Kier alpha value is -3.10. The normalized spacial score (nSPS) is 14.7. The van der Waals surface area contributed by atoms with Crippen molar-refractivity contribution in [2.45, 2.75) is 251 Å². The average molecular weight is 1060 g/mol. The number of hydrogen-bond donors (Lipinski definition) is 2. The molecule has 2 N–H and O–H groups in total. The molecule has 0 spiro atoms. The molecule has 0 aromatic carbocycles. The van der Waals surface area contributed by atoms with Gasteiger partial charge in [0.15, 0.2) is 0 Å². The van der Waals surface area contributed by atoms with Crippen molar-refractivity contribution in [3.8, 4) is 0 Å². The van der Waals surface area contributed by atoms with Crippen molar-refractivity contribution in [3.63, 3.8) is 0 Å². The number of rotatable bonds is 54. The minimum absolute atomic E-state index is 0.000607. The fourth-order valence-electron chi connectivity index (χ4n) is 8.24. The zero-order chi connectivity index (χ0) is 54.9. The number of hydrogen-bond acceptors (Lipinski definition) is 6. The Bertz CT molecular complexity index is 1630. The van der Waals surface area contributed by atoms with E-state index in [9.17, 15) is 19.4 Å². The zero-order valence-corrected chi connectivity index (χ0v) is 49.8. The number of nitrogens with one attached hydrogen (secondary N) is 1. The zero-order valence-electron chi connectivity index (χ0n) is 49.0. The second kappa shape index (κ2) is 55.6. The maximum atomic E-state index is 13.0. The lowest BCUT2D eigenvalue weighted by Crippen LogP contribution is -2.46. The Labute approximate surface area is 463 Å². The van der Waals surface area contributed by atoms with Crippen molar-refractivity contribution in [2.75, 3.05) is 40.9 Å². The van der Waals surface area contributed by atoms with Crippen LogP contribution in [0.2, 0.25) is 0 Å².